The third kappa shape index (κ3) is 4.28. The molecule has 0 fully saturated rings. The fourth-order valence-electron chi connectivity index (χ4n) is 1.28. The van der Waals surface area contributed by atoms with Gasteiger partial charge in [-0.3, -0.25) is 4.79 Å². The largest absolute Gasteiger partial charge is 0.295 e. The molecule has 1 heteroatoms. The van der Waals surface area contributed by atoms with Gasteiger partial charge < -0.3 is 0 Å². The van der Waals surface area contributed by atoms with Gasteiger partial charge in [0.1, 0.15) is 0 Å². The maximum atomic E-state index is 11.0. The van der Waals surface area contributed by atoms with Crippen LogP contribution in [0, 0.1) is 0 Å². The van der Waals surface area contributed by atoms with Gasteiger partial charge in [-0.25, -0.2) is 0 Å². The zero-order valence-corrected chi connectivity index (χ0v) is 10.5. The summed E-state index contributed by atoms with van der Waals surface area (Å²) in [5.41, 5.74) is 2.11. The van der Waals surface area contributed by atoms with Crippen molar-refractivity contribution in [3.05, 3.63) is 35.4 Å². The van der Waals surface area contributed by atoms with Gasteiger partial charge in [0.15, 0.2) is 5.78 Å². The molecule has 0 radical (unpaired) electrons. The molecule has 0 saturated carbocycles. The molecule has 0 N–H and O–H groups in total. The zero-order chi connectivity index (χ0) is 11.8. The van der Waals surface area contributed by atoms with Gasteiger partial charge in [-0.05, 0) is 24.8 Å². The Morgan fingerprint density at radius 2 is 1.67 bits per heavy atom. The number of carbonyl (C=O) groups is 1. The second kappa shape index (κ2) is 7.22. The molecule has 0 aromatic heterocycles. The number of benzene rings is 1. The third-order valence-electron chi connectivity index (χ3n) is 2.50. The Hall–Kier alpha value is -1.11. The summed E-state index contributed by atoms with van der Waals surface area (Å²) in [5, 5.41) is 0. The van der Waals surface area contributed by atoms with E-state index in [9.17, 15) is 4.79 Å². The first-order valence-corrected chi connectivity index (χ1v) is 5.76. The molecule has 0 bridgehead atoms. The highest BCUT2D eigenvalue weighted by atomic mass is 16.1. The Morgan fingerprint density at radius 3 is 2.00 bits per heavy atom. The monoisotopic (exact) mass is 206 g/mol. The van der Waals surface area contributed by atoms with Crippen LogP contribution in [-0.2, 0) is 0 Å². The van der Waals surface area contributed by atoms with Gasteiger partial charge >= 0.3 is 0 Å². The first-order chi connectivity index (χ1) is 7.15. The highest BCUT2D eigenvalue weighted by Gasteiger charge is 2.03. The Bertz CT molecular complexity index is 285. The molecule has 1 atom stereocenters. The van der Waals surface area contributed by atoms with E-state index in [0.717, 1.165) is 12.0 Å². The van der Waals surface area contributed by atoms with E-state index >= 15 is 0 Å². The van der Waals surface area contributed by atoms with Gasteiger partial charge in [-0.15, -0.1) is 0 Å². The summed E-state index contributed by atoms with van der Waals surface area (Å²) >= 11 is 0. The van der Waals surface area contributed by atoms with Crippen molar-refractivity contribution in [1.29, 1.82) is 0 Å². The highest BCUT2D eigenvalue weighted by Crippen LogP contribution is 2.18. The lowest BCUT2D eigenvalue weighted by atomic mass is 9.97. The summed E-state index contributed by atoms with van der Waals surface area (Å²) in [5.74, 6) is 0.719. The maximum absolute atomic E-state index is 11.0. The topological polar surface area (TPSA) is 17.1 Å². The van der Waals surface area contributed by atoms with Gasteiger partial charge in [-0.1, -0.05) is 52.0 Å². The predicted octanol–water partition coefficient (Wildman–Crippen LogP) is 4.43. The quantitative estimate of drug-likeness (QED) is 0.669. The Labute approximate surface area is 93.5 Å². The molecule has 0 heterocycles. The minimum atomic E-state index is 0.135. The van der Waals surface area contributed by atoms with Crippen molar-refractivity contribution in [2.75, 3.05) is 0 Å². The summed E-state index contributed by atoms with van der Waals surface area (Å²) in [6.07, 6.45) is 1.14. The Balaban J connectivity index is 0.000000921. The van der Waals surface area contributed by atoms with E-state index in [1.165, 1.54) is 5.56 Å². The van der Waals surface area contributed by atoms with Crippen LogP contribution in [0.25, 0.3) is 0 Å². The van der Waals surface area contributed by atoms with E-state index in [-0.39, 0.29) is 5.78 Å². The minimum absolute atomic E-state index is 0.135. The standard InChI is InChI=1S/C12H16O.C2H6/c1-4-9(2)11-5-7-12(8-6-11)10(3)13;1-2/h5-9H,4H2,1-3H3;1-2H3. The van der Waals surface area contributed by atoms with Gasteiger partial charge in [0.05, 0.1) is 0 Å². The van der Waals surface area contributed by atoms with Crippen LogP contribution in [0.15, 0.2) is 24.3 Å². The highest BCUT2D eigenvalue weighted by molar-refractivity contribution is 5.94. The lowest BCUT2D eigenvalue weighted by Crippen LogP contribution is -1.94. The summed E-state index contributed by atoms with van der Waals surface area (Å²) in [4.78, 5) is 11.0. The maximum Gasteiger partial charge on any atom is 0.159 e. The van der Waals surface area contributed by atoms with Gasteiger partial charge in [-0.2, -0.15) is 0 Å². The smallest absolute Gasteiger partial charge is 0.159 e. The Kier molecular flexibility index (Phi) is 6.68. The number of ketones is 1. The molecule has 15 heavy (non-hydrogen) atoms. The van der Waals surface area contributed by atoms with Crippen LogP contribution >= 0.6 is 0 Å². The summed E-state index contributed by atoms with van der Waals surface area (Å²) in [6, 6.07) is 7.91. The number of rotatable bonds is 3. The summed E-state index contributed by atoms with van der Waals surface area (Å²) in [7, 11) is 0. The van der Waals surface area contributed by atoms with E-state index in [0.29, 0.717) is 5.92 Å². The van der Waals surface area contributed by atoms with Crippen LogP contribution in [0.2, 0.25) is 0 Å². The van der Waals surface area contributed by atoms with E-state index in [2.05, 4.69) is 13.8 Å². The first-order valence-electron chi connectivity index (χ1n) is 5.76. The van der Waals surface area contributed by atoms with Crippen LogP contribution in [-0.4, -0.2) is 5.78 Å². The van der Waals surface area contributed by atoms with Crippen molar-refractivity contribution < 1.29 is 4.79 Å². The molecule has 1 unspecified atom stereocenters. The predicted molar refractivity (Wildman–Crippen MR) is 66.5 cm³/mol. The van der Waals surface area contributed by atoms with Crippen molar-refractivity contribution in [2.24, 2.45) is 0 Å². The van der Waals surface area contributed by atoms with Gasteiger partial charge in [0.2, 0.25) is 0 Å². The van der Waals surface area contributed by atoms with E-state index < -0.39 is 0 Å². The Morgan fingerprint density at radius 1 is 1.20 bits per heavy atom. The normalized spacial score (nSPS) is 11.3. The molecule has 0 aliphatic heterocycles. The second-order valence-electron chi connectivity index (χ2n) is 3.49. The molecule has 0 saturated heterocycles. The molecule has 84 valence electrons. The molecule has 0 aliphatic carbocycles. The van der Waals surface area contributed by atoms with Crippen molar-refractivity contribution in [1.82, 2.24) is 0 Å². The van der Waals surface area contributed by atoms with Crippen LogP contribution in [0.5, 0.6) is 0 Å². The number of hydrogen-bond acceptors (Lipinski definition) is 1. The molecule has 1 aromatic carbocycles. The van der Waals surface area contributed by atoms with Crippen molar-refractivity contribution >= 4 is 5.78 Å². The van der Waals surface area contributed by atoms with Crippen LogP contribution in [0.4, 0.5) is 0 Å². The third-order valence-corrected chi connectivity index (χ3v) is 2.50. The number of Topliss-reactive ketones (excluding diaryl/α,β-unsaturated/α-hetero) is 1. The molecular weight excluding hydrogens is 184 g/mol. The molecule has 1 aromatic rings. The fourth-order valence-corrected chi connectivity index (χ4v) is 1.28. The van der Waals surface area contributed by atoms with Crippen molar-refractivity contribution in [2.45, 2.75) is 47.0 Å². The van der Waals surface area contributed by atoms with E-state index in [1.54, 1.807) is 6.92 Å². The van der Waals surface area contributed by atoms with Crippen molar-refractivity contribution in [3.63, 3.8) is 0 Å². The first kappa shape index (κ1) is 13.9. The average molecular weight is 206 g/mol. The van der Waals surface area contributed by atoms with E-state index in [4.69, 9.17) is 0 Å². The number of carbonyl (C=O) groups excluding carboxylic acids is 1. The van der Waals surface area contributed by atoms with Crippen LogP contribution < -0.4 is 0 Å². The van der Waals surface area contributed by atoms with Gasteiger partial charge in [0.25, 0.3) is 0 Å². The van der Waals surface area contributed by atoms with E-state index in [1.807, 2.05) is 38.1 Å². The molecule has 0 spiro atoms. The van der Waals surface area contributed by atoms with Crippen LogP contribution in [0.3, 0.4) is 0 Å². The lowest BCUT2D eigenvalue weighted by molar-refractivity contribution is 0.101. The number of hydrogen-bond donors (Lipinski definition) is 0. The molecule has 0 amide bonds. The second-order valence-corrected chi connectivity index (χ2v) is 3.49. The zero-order valence-electron chi connectivity index (χ0n) is 10.5. The average Bonchev–Trinajstić information content (AvgIpc) is 2.31. The minimum Gasteiger partial charge on any atom is -0.295 e. The fraction of sp³-hybridized carbons (Fsp3) is 0.500. The van der Waals surface area contributed by atoms with Crippen molar-refractivity contribution in [3.8, 4) is 0 Å². The van der Waals surface area contributed by atoms with Crippen LogP contribution in [0.1, 0.15) is 62.9 Å². The SMILES string of the molecule is CC.CCC(C)c1ccc(C(C)=O)cc1. The molecule has 1 nitrogen and oxygen atoms in total. The van der Waals surface area contributed by atoms with Gasteiger partial charge in [0, 0.05) is 5.56 Å². The summed E-state index contributed by atoms with van der Waals surface area (Å²) < 4.78 is 0. The lowest BCUT2D eigenvalue weighted by Gasteiger charge is -2.08. The molecule has 0 aliphatic rings. The molecular formula is C14H22O. The molecule has 1 rings (SSSR count). The summed E-state index contributed by atoms with van der Waals surface area (Å²) in [6.45, 7) is 9.96.